The number of aromatic nitrogens is 2. The lowest BCUT2D eigenvalue weighted by molar-refractivity contribution is 0.340. The number of imidazole rings is 1. The lowest BCUT2D eigenvalue weighted by Crippen LogP contribution is -1.90. The molecule has 3 rings (SSSR count). The fraction of sp³-hybridized carbons (Fsp3) is 0.188. The number of hydrogen-bond acceptors (Lipinski definition) is 2. The second-order valence-corrected chi connectivity index (χ2v) is 4.51. The normalized spacial score (nSPS) is 10.8. The van der Waals surface area contributed by atoms with Crippen molar-refractivity contribution in [2.24, 2.45) is 0 Å². The molecule has 0 fully saturated rings. The molecule has 0 N–H and O–H groups in total. The molecule has 0 saturated carbocycles. The first-order valence-corrected chi connectivity index (χ1v) is 6.45. The van der Waals surface area contributed by atoms with E-state index in [2.05, 4.69) is 28.6 Å². The zero-order chi connectivity index (χ0) is 13.2. The van der Waals surface area contributed by atoms with Crippen LogP contribution in [-0.4, -0.2) is 16.0 Å². The van der Waals surface area contributed by atoms with Crippen LogP contribution in [0.1, 0.15) is 12.5 Å². The predicted molar refractivity (Wildman–Crippen MR) is 76.5 cm³/mol. The van der Waals surface area contributed by atoms with Crippen LogP contribution < -0.4 is 4.74 Å². The smallest absolute Gasteiger partial charge is 0.140 e. The number of nitrogens with zero attached hydrogens (tertiary/aromatic N) is 2. The van der Waals surface area contributed by atoms with E-state index < -0.39 is 0 Å². The Labute approximate surface area is 112 Å². The number of benzene rings is 1. The van der Waals surface area contributed by atoms with E-state index in [1.54, 1.807) is 0 Å². The largest absolute Gasteiger partial charge is 0.494 e. The summed E-state index contributed by atoms with van der Waals surface area (Å²) in [7, 11) is 0. The molecule has 1 aromatic carbocycles. The minimum atomic E-state index is 0.687. The molecule has 0 spiro atoms. The molecule has 0 aliphatic rings. The fourth-order valence-electron chi connectivity index (χ4n) is 2.18. The Bertz CT molecular complexity index is 698. The number of pyridine rings is 1. The highest BCUT2D eigenvalue weighted by Crippen LogP contribution is 2.23. The summed E-state index contributed by atoms with van der Waals surface area (Å²) in [6.45, 7) is 4.75. The summed E-state index contributed by atoms with van der Waals surface area (Å²) in [5, 5.41) is 0. The van der Waals surface area contributed by atoms with Crippen molar-refractivity contribution in [2.75, 3.05) is 6.61 Å². The van der Waals surface area contributed by atoms with Gasteiger partial charge in [-0.25, -0.2) is 4.98 Å². The van der Waals surface area contributed by atoms with Crippen LogP contribution in [0.25, 0.3) is 16.9 Å². The van der Waals surface area contributed by atoms with Gasteiger partial charge >= 0.3 is 0 Å². The second-order valence-electron chi connectivity index (χ2n) is 4.51. The third-order valence-electron chi connectivity index (χ3n) is 3.14. The Morgan fingerprint density at radius 3 is 2.63 bits per heavy atom. The SMILES string of the molecule is CCOc1ccc(-c2cn3cccc(C)c3n2)cc1. The van der Waals surface area contributed by atoms with Crippen molar-refractivity contribution < 1.29 is 4.74 Å². The average Bonchev–Trinajstić information content (AvgIpc) is 2.85. The molecule has 0 radical (unpaired) electrons. The molecule has 3 heteroatoms. The minimum Gasteiger partial charge on any atom is -0.494 e. The van der Waals surface area contributed by atoms with Gasteiger partial charge in [0.25, 0.3) is 0 Å². The topological polar surface area (TPSA) is 26.5 Å². The van der Waals surface area contributed by atoms with E-state index >= 15 is 0 Å². The highest BCUT2D eigenvalue weighted by atomic mass is 16.5. The number of hydrogen-bond donors (Lipinski definition) is 0. The van der Waals surface area contributed by atoms with Crippen LogP contribution in [0.2, 0.25) is 0 Å². The molecule has 0 atom stereocenters. The van der Waals surface area contributed by atoms with Crippen LogP contribution in [0.4, 0.5) is 0 Å². The van der Waals surface area contributed by atoms with Crippen LogP contribution in [0.3, 0.4) is 0 Å². The molecule has 0 bridgehead atoms. The van der Waals surface area contributed by atoms with Crippen molar-refractivity contribution >= 4 is 5.65 Å². The minimum absolute atomic E-state index is 0.687. The number of fused-ring (bicyclic) bond motifs is 1. The van der Waals surface area contributed by atoms with Gasteiger partial charge in [0, 0.05) is 18.0 Å². The Morgan fingerprint density at radius 1 is 1.16 bits per heavy atom. The number of aryl methyl sites for hydroxylation is 1. The Morgan fingerprint density at radius 2 is 1.95 bits per heavy atom. The number of rotatable bonds is 3. The van der Waals surface area contributed by atoms with E-state index in [4.69, 9.17) is 4.74 Å². The fourth-order valence-corrected chi connectivity index (χ4v) is 2.18. The molecule has 96 valence electrons. The van der Waals surface area contributed by atoms with Crippen LogP contribution in [-0.2, 0) is 0 Å². The van der Waals surface area contributed by atoms with Crippen molar-refractivity contribution in [3.05, 3.63) is 54.4 Å². The molecule has 0 amide bonds. The van der Waals surface area contributed by atoms with E-state index in [1.165, 1.54) is 5.56 Å². The quantitative estimate of drug-likeness (QED) is 0.710. The average molecular weight is 252 g/mol. The van der Waals surface area contributed by atoms with Gasteiger partial charge in [-0.3, -0.25) is 0 Å². The third kappa shape index (κ3) is 2.19. The summed E-state index contributed by atoms with van der Waals surface area (Å²) in [4.78, 5) is 4.68. The first kappa shape index (κ1) is 11.8. The van der Waals surface area contributed by atoms with Crippen molar-refractivity contribution in [3.63, 3.8) is 0 Å². The van der Waals surface area contributed by atoms with Gasteiger partial charge in [0.15, 0.2) is 0 Å². The first-order chi connectivity index (χ1) is 9.28. The molecule has 0 saturated heterocycles. The van der Waals surface area contributed by atoms with E-state index in [1.807, 2.05) is 43.5 Å². The lowest BCUT2D eigenvalue weighted by Gasteiger charge is -2.02. The van der Waals surface area contributed by atoms with E-state index in [0.717, 1.165) is 22.7 Å². The van der Waals surface area contributed by atoms with Crippen LogP contribution in [0.5, 0.6) is 5.75 Å². The van der Waals surface area contributed by atoms with Gasteiger partial charge in [0.1, 0.15) is 11.4 Å². The molecule has 0 aliphatic carbocycles. The first-order valence-electron chi connectivity index (χ1n) is 6.45. The molecule has 3 aromatic rings. The van der Waals surface area contributed by atoms with Gasteiger partial charge in [-0.05, 0) is 49.7 Å². The number of ether oxygens (including phenoxy) is 1. The maximum Gasteiger partial charge on any atom is 0.140 e. The maximum atomic E-state index is 5.45. The molecular weight excluding hydrogens is 236 g/mol. The lowest BCUT2D eigenvalue weighted by atomic mass is 10.2. The van der Waals surface area contributed by atoms with Crippen molar-refractivity contribution in [1.82, 2.24) is 9.38 Å². The Hall–Kier alpha value is -2.29. The summed E-state index contributed by atoms with van der Waals surface area (Å²) in [5.41, 5.74) is 4.27. The Balaban J connectivity index is 2.01. The molecule has 3 nitrogen and oxygen atoms in total. The molecular formula is C16H16N2O. The van der Waals surface area contributed by atoms with Crippen molar-refractivity contribution in [1.29, 1.82) is 0 Å². The van der Waals surface area contributed by atoms with E-state index in [-0.39, 0.29) is 0 Å². The van der Waals surface area contributed by atoms with Crippen LogP contribution in [0.15, 0.2) is 48.8 Å². The van der Waals surface area contributed by atoms with Gasteiger partial charge in [-0.15, -0.1) is 0 Å². The molecule has 2 aromatic heterocycles. The summed E-state index contributed by atoms with van der Waals surface area (Å²) < 4.78 is 7.51. The summed E-state index contributed by atoms with van der Waals surface area (Å²) >= 11 is 0. The zero-order valence-corrected chi connectivity index (χ0v) is 11.1. The van der Waals surface area contributed by atoms with E-state index in [0.29, 0.717) is 6.61 Å². The maximum absolute atomic E-state index is 5.45. The summed E-state index contributed by atoms with van der Waals surface area (Å²) in [6.07, 6.45) is 4.07. The van der Waals surface area contributed by atoms with E-state index in [9.17, 15) is 0 Å². The zero-order valence-electron chi connectivity index (χ0n) is 11.1. The highest BCUT2D eigenvalue weighted by Gasteiger charge is 2.05. The van der Waals surface area contributed by atoms with Gasteiger partial charge < -0.3 is 9.14 Å². The molecule has 2 heterocycles. The van der Waals surface area contributed by atoms with Crippen molar-refractivity contribution in [3.8, 4) is 17.0 Å². The van der Waals surface area contributed by atoms with Crippen LogP contribution in [0, 0.1) is 6.92 Å². The monoisotopic (exact) mass is 252 g/mol. The molecule has 19 heavy (non-hydrogen) atoms. The summed E-state index contributed by atoms with van der Waals surface area (Å²) in [6, 6.07) is 12.2. The van der Waals surface area contributed by atoms with Crippen molar-refractivity contribution in [2.45, 2.75) is 13.8 Å². The molecule has 0 unspecified atom stereocenters. The van der Waals surface area contributed by atoms with Gasteiger partial charge in [-0.2, -0.15) is 0 Å². The standard InChI is InChI=1S/C16H16N2O/c1-3-19-14-8-6-13(7-9-14)15-11-18-10-4-5-12(2)16(18)17-15/h4-11H,3H2,1-2H3. The second kappa shape index (κ2) is 4.76. The Kier molecular flexibility index (Phi) is 2.95. The predicted octanol–water partition coefficient (Wildman–Crippen LogP) is 3.71. The highest BCUT2D eigenvalue weighted by molar-refractivity contribution is 5.64. The third-order valence-corrected chi connectivity index (χ3v) is 3.14. The van der Waals surface area contributed by atoms with Crippen LogP contribution >= 0.6 is 0 Å². The van der Waals surface area contributed by atoms with Gasteiger partial charge in [0.05, 0.1) is 12.3 Å². The van der Waals surface area contributed by atoms with Gasteiger partial charge in [0.2, 0.25) is 0 Å². The van der Waals surface area contributed by atoms with Gasteiger partial charge in [-0.1, -0.05) is 6.07 Å². The molecule has 0 aliphatic heterocycles. The summed E-state index contributed by atoms with van der Waals surface area (Å²) in [5.74, 6) is 0.895.